The standard InChI is InChI=1S/C24H32N4O2/c1-2-30-21-10-8-19(9-11-21)22-16-23(27-26-22)24(29)25-20-12-14-28(15-13-20)17-18-6-4-3-5-7-18/h3-11,20,22-23,26-27H,2,12-17H2,1H3,(H,25,29). The Balaban J connectivity index is 1.21. The topological polar surface area (TPSA) is 65.6 Å². The molecular formula is C24H32N4O2. The number of hydrogen-bond acceptors (Lipinski definition) is 5. The molecule has 1 amide bonds. The summed E-state index contributed by atoms with van der Waals surface area (Å²) >= 11 is 0. The van der Waals surface area contributed by atoms with Gasteiger partial charge in [-0.3, -0.25) is 9.69 Å². The molecule has 3 N–H and O–H groups in total. The van der Waals surface area contributed by atoms with Crippen molar-refractivity contribution in [3.63, 3.8) is 0 Å². The van der Waals surface area contributed by atoms with Gasteiger partial charge in [-0.15, -0.1) is 0 Å². The Morgan fingerprint density at radius 3 is 2.50 bits per heavy atom. The molecule has 6 heteroatoms. The van der Waals surface area contributed by atoms with Crippen molar-refractivity contribution in [3.05, 3.63) is 65.7 Å². The number of nitrogens with one attached hydrogen (secondary N) is 3. The van der Waals surface area contributed by atoms with Crippen molar-refractivity contribution >= 4 is 5.91 Å². The minimum Gasteiger partial charge on any atom is -0.494 e. The van der Waals surface area contributed by atoms with E-state index < -0.39 is 0 Å². The molecule has 2 aliphatic heterocycles. The maximum atomic E-state index is 12.8. The van der Waals surface area contributed by atoms with Crippen LogP contribution >= 0.6 is 0 Å². The van der Waals surface area contributed by atoms with E-state index in [1.165, 1.54) is 5.56 Å². The summed E-state index contributed by atoms with van der Waals surface area (Å²) < 4.78 is 5.50. The van der Waals surface area contributed by atoms with Gasteiger partial charge in [-0.1, -0.05) is 42.5 Å². The van der Waals surface area contributed by atoms with Gasteiger partial charge in [0, 0.05) is 31.7 Å². The first-order valence-corrected chi connectivity index (χ1v) is 11.0. The zero-order valence-corrected chi connectivity index (χ0v) is 17.6. The second-order valence-electron chi connectivity index (χ2n) is 8.18. The van der Waals surface area contributed by atoms with Gasteiger partial charge in [-0.05, 0) is 49.4 Å². The van der Waals surface area contributed by atoms with Crippen molar-refractivity contribution in [2.45, 2.75) is 50.9 Å². The van der Waals surface area contributed by atoms with E-state index >= 15 is 0 Å². The number of hydrogen-bond donors (Lipinski definition) is 3. The van der Waals surface area contributed by atoms with Crippen LogP contribution in [0.5, 0.6) is 5.75 Å². The average molecular weight is 409 g/mol. The van der Waals surface area contributed by atoms with Crippen LogP contribution in [0.25, 0.3) is 0 Å². The van der Waals surface area contributed by atoms with Crippen LogP contribution < -0.4 is 20.9 Å². The number of piperidine rings is 1. The number of ether oxygens (including phenoxy) is 1. The average Bonchev–Trinajstić information content (AvgIpc) is 3.27. The zero-order valence-electron chi connectivity index (χ0n) is 17.6. The second kappa shape index (κ2) is 10.1. The lowest BCUT2D eigenvalue weighted by atomic mass is 10.00. The third-order valence-electron chi connectivity index (χ3n) is 6.00. The monoisotopic (exact) mass is 408 g/mol. The summed E-state index contributed by atoms with van der Waals surface area (Å²) in [6.45, 7) is 5.66. The van der Waals surface area contributed by atoms with E-state index in [1.54, 1.807) is 0 Å². The summed E-state index contributed by atoms with van der Waals surface area (Å²) in [5.74, 6) is 0.970. The molecule has 0 radical (unpaired) electrons. The smallest absolute Gasteiger partial charge is 0.238 e. The summed E-state index contributed by atoms with van der Waals surface area (Å²) in [7, 11) is 0. The number of benzene rings is 2. The number of amides is 1. The van der Waals surface area contributed by atoms with E-state index in [1.807, 2.05) is 19.1 Å². The molecule has 160 valence electrons. The van der Waals surface area contributed by atoms with Crippen molar-refractivity contribution in [3.8, 4) is 5.75 Å². The van der Waals surface area contributed by atoms with E-state index in [-0.39, 0.29) is 24.0 Å². The largest absolute Gasteiger partial charge is 0.494 e. The van der Waals surface area contributed by atoms with Crippen LogP contribution in [0.15, 0.2) is 54.6 Å². The van der Waals surface area contributed by atoms with Gasteiger partial charge in [-0.25, -0.2) is 10.9 Å². The fourth-order valence-corrected chi connectivity index (χ4v) is 4.29. The van der Waals surface area contributed by atoms with Crippen molar-refractivity contribution in [1.82, 2.24) is 21.1 Å². The molecule has 0 saturated carbocycles. The van der Waals surface area contributed by atoms with E-state index in [0.29, 0.717) is 6.61 Å². The van der Waals surface area contributed by atoms with Gasteiger partial charge in [0.1, 0.15) is 11.8 Å². The molecule has 2 heterocycles. The van der Waals surface area contributed by atoms with Crippen LogP contribution in [-0.4, -0.2) is 42.6 Å². The van der Waals surface area contributed by atoms with Crippen LogP contribution in [0.2, 0.25) is 0 Å². The highest BCUT2D eigenvalue weighted by Crippen LogP contribution is 2.24. The van der Waals surface area contributed by atoms with E-state index in [4.69, 9.17) is 4.74 Å². The Kier molecular flexibility index (Phi) is 7.00. The number of hydrazine groups is 1. The van der Waals surface area contributed by atoms with Crippen molar-refractivity contribution in [1.29, 1.82) is 0 Å². The number of carbonyl (C=O) groups excluding carboxylic acids is 1. The van der Waals surface area contributed by atoms with Gasteiger partial charge in [0.25, 0.3) is 0 Å². The lowest BCUT2D eigenvalue weighted by Crippen LogP contribution is -2.50. The molecule has 2 aromatic carbocycles. The van der Waals surface area contributed by atoms with Crippen molar-refractivity contribution < 1.29 is 9.53 Å². The highest BCUT2D eigenvalue weighted by atomic mass is 16.5. The lowest BCUT2D eigenvalue weighted by Gasteiger charge is -2.32. The molecular weight excluding hydrogens is 376 g/mol. The molecule has 0 bridgehead atoms. The fourth-order valence-electron chi connectivity index (χ4n) is 4.29. The summed E-state index contributed by atoms with van der Waals surface area (Å²) in [5, 5.41) is 3.25. The quantitative estimate of drug-likeness (QED) is 0.658. The number of nitrogens with zero attached hydrogens (tertiary/aromatic N) is 1. The Morgan fingerprint density at radius 1 is 1.07 bits per heavy atom. The molecule has 2 unspecified atom stereocenters. The fraction of sp³-hybridized carbons (Fsp3) is 0.458. The maximum absolute atomic E-state index is 12.8. The zero-order chi connectivity index (χ0) is 20.8. The molecule has 2 aromatic rings. The molecule has 2 fully saturated rings. The highest BCUT2D eigenvalue weighted by Gasteiger charge is 2.31. The van der Waals surface area contributed by atoms with Crippen LogP contribution in [-0.2, 0) is 11.3 Å². The van der Waals surface area contributed by atoms with E-state index in [2.05, 4.69) is 63.5 Å². The van der Waals surface area contributed by atoms with Crippen LogP contribution in [0, 0.1) is 0 Å². The summed E-state index contributed by atoms with van der Waals surface area (Å²) in [4.78, 5) is 15.2. The van der Waals surface area contributed by atoms with Gasteiger partial charge in [-0.2, -0.15) is 0 Å². The minimum absolute atomic E-state index is 0.0949. The van der Waals surface area contributed by atoms with Gasteiger partial charge in [0.15, 0.2) is 0 Å². The minimum atomic E-state index is -0.205. The van der Waals surface area contributed by atoms with Gasteiger partial charge >= 0.3 is 0 Å². The van der Waals surface area contributed by atoms with E-state index in [0.717, 1.165) is 50.2 Å². The molecule has 0 aromatic heterocycles. The molecule has 2 saturated heterocycles. The maximum Gasteiger partial charge on any atom is 0.238 e. The first kappa shape index (κ1) is 20.8. The number of likely N-dealkylation sites (tertiary alicyclic amines) is 1. The molecule has 0 spiro atoms. The molecule has 2 aliphatic rings. The Morgan fingerprint density at radius 2 is 1.80 bits per heavy atom. The third-order valence-corrected chi connectivity index (χ3v) is 6.00. The predicted octanol–water partition coefficient (Wildman–Crippen LogP) is 2.77. The van der Waals surface area contributed by atoms with Gasteiger partial charge in [0.2, 0.25) is 5.91 Å². The lowest BCUT2D eigenvalue weighted by molar-refractivity contribution is -0.123. The molecule has 2 atom stereocenters. The summed E-state index contributed by atoms with van der Waals surface area (Å²) in [5.41, 5.74) is 8.95. The normalized spacial score (nSPS) is 22.7. The molecule has 6 nitrogen and oxygen atoms in total. The van der Waals surface area contributed by atoms with Crippen molar-refractivity contribution in [2.75, 3.05) is 19.7 Å². The van der Waals surface area contributed by atoms with E-state index in [9.17, 15) is 4.79 Å². The summed E-state index contributed by atoms with van der Waals surface area (Å²) in [6.07, 6.45) is 2.74. The second-order valence-corrected chi connectivity index (χ2v) is 8.18. The number of rotatable bonds is 7. The Hall–Kier alpha value is -2.41. The van der Waals surface area contributed by atoms with Crippen LogP contribution in [0.4, 0.5) is 0 Å². The SMILES string of the molecule is CCOc1ccc(C2CC(C(=O)NC3CCN(Cc4ccccc4)CC3)NN2)cc1. The first-order valence-electron chi connectivity index (χ1n) is 11.0. The molecule has 30 heavy (non-hydrogen) atoms. The Labute approximate surface area is 179 Å². The van der Waals surface area contributed by atoms with Crippen molar-refractivity contribution in [2.24, 2.45) is 0 Å². The third kappa shape index (κ3) is 5.39. The van der Waals surface area contributed by atoms with Gasteiger partial charge < -0.3 is 10.1 Å². The molecule has 0 aliphatic carbocycles. The molecule has 4 rings (SSSR count). The van der Waals surface area contributed by atoms with Gasteiger partial charge in [0.05, 0.1) is 6.61 Å². The number of carbonyl (C=O) groups is 1. The van der Waals surface area contributed by atoms with Crippen LogP contribution in [0.1, 0.15) is 43.4 Å². The first-order chi connectivity index (χ1) is 14.7. The summed E-state index contributed by atoms with van der Waals surface area (Å²) in [6, 6.07) is 18.9. The van der Waals surface area contributed by atoms with Crippen LogP contribution in [0.3, 0.4) is 0 Å². The highest BCUT2D eigenvalue weighted by molar-refractivity contribution is 5.82. The Bertz CT molecular complexity index is 804. The predicted molar refractivity (Wildman–Crippen MR) is 118 cm³/mol.